The number of Topliss-reactive ketones (excluding diaryl/α,β-unsaturated/α-hetero) is 1. The molecule has 1 aliphatic rings. The minimum Gasteiger partial charge on any atom is -0.436 e. The molecular weight excluding hydrogens is 458 g/mol. The Morgan fingerprint density at radius 2 is 1.67 bits per heavy atom. The van der Waals surface area contributed by atoms with E-state index in [1.807, 2.05) is 50.2 Å². The number of carbonyl (C=O) groups excluding carboxylic acids is 3. The summed E-state index contributed by atoms with van der Waals surface area (Å²) in [5, 5.41) is 0. The lowest BCUT2D eigenvalue weighted by molar-refractivity contribution is -0.143. The number of hydrogen-bond acceptors (Lipinski definition) is 6. The lowest BCUT2D eigenvalue weighted by Crippen LogP contribution is -2.44. The Labute approximate surface area is 209 Å². The van der Waals surface area contributed by atoms with Crippen molar-refractivity contribution in [2.24, 2.45) is 17.4 Å². The van der Waals surface area contributed by atoms with E-state index in [4.69, 9.17) is 16.2 Å². The molecule has 2 atom stereocenters. The van der Waals surface area contributed by atoms with Crippen molar-refractivity contribution in [1.29, 1.82) is 0 Å². The quantitative estimate of drug-likeness (QED) is 0.412. The number of aromatic amines is 1. The van der Waals surface area contributed by atoms with E-state index in [1.54, 1.807) is 23.2 Å². The van der Waals surface area contributed by atoms with Crippen LogP contribution in [0.2, 0.25) is 0 Å². The number of carbonyl (C=O) groups is 3. The first kappa shape index (κ1) is 25.1. The summed E-state index contributed by atoms with van der Waals surface area (Å²) in [6, 6.07) is 15.2. The third-order valence-electron chi connectivity index (χ3n) is 6.46. The predicted molar refractivity (Wildman–Crippen MR) is 136 cm³/mol. The minimum absolute atomic E-state index is 0.00749. The number of H-pyrrole nitrogens is 1. The first-order valence-corrected chi connectivity index (χ1v) is 12.0. The van der Waals surface area contributed by atoms with Crippen molar-refractivity contribution in [1.82, 2.24) is 14.9 Å². The molecule has 36 heavy (non-hydrogen) atoms. The van der Waals surface area contributed by atoms with Crippen molar-refractivity contribution in [2.45, 2.75) is 38.8 Å². The van der Waals surface area contributed by atoms with Gasteiger partial charge in [0.25, 0.3) is 5.91 Å². The standard InChI is InChI=1S/C27H31N5O4/c1-16(2)24(36-27(29)35)26(34)32-13-3-4-22(32)25-30-15-21(31-25)19-9-5-17(6-10-19)18-7-11-20(12-8-18)23(33)14-28/h5-12,15-16,22,24H,3-4,13-14,28H2,1-2H3,(H2,29,35)(H,30,31)/t22-,24-/m0/s1. The summed E-state index contributed by atoms with van der Waals surface area (Å²) >= 11 is 0. The molecule has 2 heterocycles. The maximum Gasteiger partial charge on any atom is 0.405 e. The second kappa shape index (κ2) is 10.7. The Morgan fingerprint density at radius 1 is 1.06 bits per heavy atom. The molecule has 3 aromatic rings. The monoisotopic (exact) mass is 489 g/mol. The summed E-state index contributed by atoms with van der Waals surface area (Å²) in [5.74, 6) is 0.151. The van der Waals surface area contributed by atoms with Gasteiger partial charge in [0.1, 0.15) is 5.82 Å². The number of aromatic nitrogens is 2. The molecule has 5 N–H and O–H groups in total. The van der Waals surface area contributed by atoms with E-state index in [2.05, 4.69) is 9.97 Å². The highest BCUT2D eigenvalue weighted by molar-refractivity contribution is 5.97. The van der Waals surface area contributed by atoms with Gasteiger partial charge in [-0.2, -0.15) is 0 Å². The molecule has 0 saturated carbocycles. The molecule has 0 aliphatic carbocycles. The normalized spacial score (nSPS) is 16.2. The average Bonchev–Trinajstić information content (AvgIpc) is 3.56. The molecule has 0 bridgehead atoms. The van der Waals surface area contributed by atoms with Gasteiger partial charge in [0, 0.05) is 12.1 Å². The van der Waals surface area contributed by atoms with Gasteiger partial charge in [-0.3, -0.25) is 9.59 Å². The molecule has 0 unspecified atom stereocenters. The number of benzene rings is 2. The SMILES string of the molecule is CC(C)[C@H](OC(N)=O)C(=O)N1CCC[C@H]1c1ncc(-c2ccc(-c3ccc(C(=O)CN)cc3)cc2)[nH]1. The van der Waals surface area contributed by atoms with Crippen LogP contribution in [0.5, 0.6) is 0 Å². The van der Waals surface area contributed by atoms with Gasteiger partial charge < -0.3 is 26.1 Å². The number of nitrogens with two attached hydrogens (primary N) is 2. The molecule has 1 aromatic heterocycles. The van der Waals surface area contributed by atoms with Crippen molar-refractivity contribution in [2.75, 3.05) is 13.1 Å². The van der Waals surface area contributed by atoms with Crippen molar-refractivity contribution in [3.63, 3.8) is 0 Å². The Balaban J connectivity index is 1.49. The Morgan fingerprint density at radius 3 is 2.25 bits per heavy atom. The highest BCUT2D eigenvalue weighted by Crippen LogP contribution is 2.33. The Kier molecular flexibility index (Phi) is 7.49. The van der Waals surface area contributed by atoms with Crippen LogP contribution in [0.1, 0.15) is 48.9 Å². The fourth-order valence-corrected chi connectivity index (χ4v) is 4.54. The summed E-state index contributed by atoms with van der Waals surface area (Å²) < 4.78 is 5.11. The molecule has 4 rings (SSSR count). The number of nitrogens with one attached hydrogen (secondary N) is 1. The molecule has 0 radical (unpaired) electrons. The highest BCUT2D eigenvalue weighted by Gasteiger charge is 2.38. The maximum atomic E-state index is 13.2. The maximum absolute atomic E-state index is 13.2. The van der Waals surface area contributed by atoms with Gasteiger partial charge in [-0.05, 0) is 35.4 Å². The van der Waals surface area contributed by atoms with Gasteiger partial charge >= 0.3 is 6.09 Å². The number of ketones is 1. The van der Waals surface area contributed by atoms with E-state index in [0.717, 1.165) is 35.2 Å². The van der Waals surface area contributed by atoms with Gasteiger partial charge in [0.15, 0.2) is 11.9 Å². The topological polar surface area (TPSA) is 144 Å². The van der Waals surface area contributed by atoms with Gasteiger partial charge in [-0.15, -0.1) is 0 Å². The number of amides is 2. The number of likely N-dealkylation sites (tertiary alicyclic amines) is 1. The molecule has 0 spiro atoms. The zero-order chi connectivity index (χ0) is 25.8. The van der Waals surface area contributed by atoms with Crippen LogP contribution in [-0.4, -0.2) is 51.8 Å². The first-order chi connectivity index (χ1) is 17.3. The summed E-state index contributed by atoms with van der Waals surface area (Å²) in [5.41, 5.74) is 15.0. The summed E-state index contributed by atoms with van der Waals surface area (Å²) in [6.07, 6.45) is 1.48. The third-order valence-corrected chi connectivity index (χ3v) is 6.46. The average molecular weight is 490 g/mol. The highest BCUT2D eigenvalue weighted by atomic mass is 16.6. The van der Waals surface area contributed by atoms with Crippen LogP contribution in [0.15, 0.2) is 54.7 Å². The molecule has 2 amide bonds. The smallest absolute Gasteiger partial charge is 0.405 e. The number of hydrogen-bond donors (Lipinski definition) is 3. The number of ether oxygens (including phenoxy) is 1. The first-order valence-electron chi connectivity index (χ1n) is 12.0. The zero-order valence-electron chi connectivity index (χ0n) is 20.4. The van der Waals surface area contributed by atoms with E-state index < -0.39 is 12.2 Å². The summed E-state index contributed by atoms with van der Waals surface area (Å²) in [6.45, 7) is 4.19. The van der Waals surface area contributed by atoms with Gasteiger partial charge in [-0.1, -0.05) is 62.4 Å². The lowest BCUT2D eigenvalue weighted by atomic mass is 10.0. The van der Waals surface area contributed by atoms with Crippen molar-refractivity contribution < 1.29 is 19.1 Å². The van der Waals surface area contributed by atoms with Crippen LogP contribution in [-0.2, 0) is 9.53 Å². The second-order valence-corrected chi connectivity index (χ2v) is 9.26. The molecular formula is C27H31N5O4. The molecule has 1 fully saturated rings. The lowest BCUT2D eigenvalue weighted by Gasteiger charge is -2.29. The largest absolute Gasteiger partial charge is 0.436 e. The summed E-state index contributed by atoms with van der Waals surface area (Å²) in [7, 11) is 0. The molecule has 2 aromatic carbocycles. The molecule has 9 nitrogen and oxygen atoms in total. The van der Waals surface area contributed by atoms with Gasteiger partial charge in [-0.25, -0.2) is 9.78 Å². The van der Waals surface area contributed by atoms with E-state index in [-0.39, 0.29) is 30.2 Å². The van der Waals surface area contributed by atoms with Gasteiger partial charge in [0.05, 0.1) is 24.5 Å². The predicted octanol–water partition coefficient (Wildman–Crippen LogP) is 3.67. The van der Waals surface area contributed by atoms with Gasteiger partial charge in [0.2, 0.25) is 0 Å². The van der Waals surface area contributed by atoms with Crippen LogP contribution in [0.25, 0.3) is 22.4 Å². The van der Waals surface area contributed by atoms with Crippen LogP contribution in [0.3, 0.4) is 0 Å². The van der Waals surface area contributed by atoms with Crippen LogP contribution < -0.4 is 11.5 Å². The Hall–Kier alpha value is -3.98. The number of imidazole rings is 1. The molecule has 188 valence electrons. The van der Waals surface area contributed by atoms with E-state index in [0.29, 0.717) is 17.9 Å². The molecule has 1 saturated heterocycles. The van der Waals surface area contributed by atoms with E-state index in [9.17, 15) is 14.4 Å². The van der Waals surface area contributed by atoms with Crippen molar-refractivity contribution >= 4 is 17.8 Å². The van der Waals surface area contributed by atoms with Crippen LogP contribution in [0, 0.1) is 5.92 Å². The Bertz CT molecular complexity index is 1230. The zero-order valence-corrected chi connectivity index (χ0v) is 20.4. The van der Waals surface area contributed by atoms with E-state index in [1.165, 1.54) is 0 Å². The molecule has 1 aliphatic heterocycles. The van der Waals surface area contributed by atoms with E-state index >= 15 is 0 Å². The fourth-order valence-electron chi connectivity index (χ4n) is 4.54. The molecule has 9 heteroatoms. The third kappa shape index (κ3) is 5.31. The minimum atomic E-state index is -0.957. The van der Waals surface area contributed by atoms with Crippen LogP contribution >= 0.6 is 0 Å². The van der Waals surface area contributed by atoms with Crippen molar-refractivity contribution in [3.8, 4) is 22.4 Å². The van der Waals surface area contributed by atoms with Crippen LogP contribution in [0.4, 0.5) is 4.79 Å². The number of rotatable bonds is 8. The number of primary amides is 1. The van der Waals surface area contributed by atoms with Crippen molar-refractivity contribution in [3.05, 3.63) is 66.1 Å². The summed E-state index contributed by atoms with van der Waals surface area (Å²) in [4.78, 5) is 45.9. The second-order valence-electron chi connectivity index (χ2n) is 9.26. The fraction of sp³-hybridized carbons (Fsp3) is 0.333. The number of nitrogens with zero attached hydrogens (tertiary/aromatic N) is 2.